The molecule has 3 N–H and O–H groups in total. The summed E-state index contributed by atoms with van der Waals surface area (Å²) in [5.74, 6) is 0.149. The summed E-state index contributed by atoms with van der Waals surface area (Å²) in [5.41, 5.74) is 8.17. The lowest BCUT2D eigenvalue weighted by Gasteiger charge is -1.94. The van der Waals surface area contributed by atoms with Crippen molar-refractivity contribution in [2.24, 2.45) is 21.0 Å². The van der Waals surface area contributed by atoms with Gasteiger partial charge in [-0.2, -0.15) is 10.2 Å². The fourth-order valence-electron chi connectivity index (χ4n) is 1.06. The van der Waals surface area contributed by atoms with Crippen LogP contribution >= 0.6 is 22.7 Å². The minimum Gasteiger partial charge on any atom is -0.367 e. The van der Waals surface area contributed by atoms with Gasteiger partial charge in [-0.1, -0.05) is 12.1 Å². The molecule has 2 aromatic heterocycles. The Hall–Kier alpha value is -1.99. The van der Waals surface area contributed by atoms with E-state index in [1.165, 1.54) is 0 Å². The molecule has 0 saturated heterocycles. The van der Waals surface area contributed by atoms with E-state index in [0.29, 0.717) is 0 Å². The van der Waals surface area contributed by atoms with E-state index < -0.39 is 0 Å². The molecule has 5 nitrogen and oxygen atoms in total. The highest BCUT2D eigenvalue weighted by Crippen LogP contribution is 2.05. The summed E-state index contributed by atoms with van der Waals surface area (Å²) in [6.07, 6.45) is 3.32. The maximum Gasteiger partial charge on any atom is 0.234 e. The Morgan fingerprint density at radius 3 is 2.39 bits per heavy atom. The number of nitrogens with two attached hydrogens (primary N) is 1. The first kappa shape index (κ1) is 12.5. The number of nitrogens with zero attached hydrogens (tertiary/aromatic N) is 3. The van der Waals surface area contributed by atoms with Crippen molar-refractivity contribution in [1.29, 1.82) is 0 Å². The molecule has 0 radical (unpaired) electrons. The second kappa shape index (κ2) is 6.67. The number of rotatable bonds is 4. The Labute approximate surface area is 112 Å². The molecular weight excluding hydrogens is 266 g/mol. The zero-order valence-electron chi connectivity index (χ0n) is 9.35. The van der Waals surface area contributed by atoms with Gasteiger partial charge < -0.3 is 5.73 Å². The molecule has 2 aromatic rings. The van der Waals surface area contributed by atoms with Crippen molar-refractivity contribution in [2.75, 3.05) is 0 Å². The largest absolute Gasteiger partial charge is 0.367 e. The van der Waals surface area contributed by atoms with Crippen molar-refractivity contribution in [3.63, 3.8) is 0 Å². The van der Waals surface area contributed by atoms with Crippen molar-refractivity contribution in [3.8, 4) is 0 Å². The summed E-state index contributed by atoms with van der Waals surface area (Å²) < 4.78 is 0. The van der Waals surface area contributed by atoms with Crippen molar-refractivity contribution in [2.45, 2.75) is 0 Å². The predicted molar refractivity (Wildman–Crippen MR) is 78.6 cm³/mol. The van der Waals surface area contributed by atoms with Gasteiger partial charge in [0.25, 0.3) is 0 Å². The normalized spacial score (nSPS) is 12.6. The number of thiophene rings is 2. The standard InChI is InChI=1S/C11H11N5S2/c12-11(15-13-7-9-3-1-5-17-9)16-14-8-10-4-2-6-18-10/h1-8H,(H3,12,15,16)/b13-7+,14-8+. The van der Waals surface area contributed by atoms with Crippen LogP contribution in [-0.4, -0.2) is 18.4 Å². The summed E-state index contributed by atoms with van der Waals surface area (Å²) in [5, 5.41) is 15.5. The highest BCUT2D eigenvalue weighted by atomic mass is 32.1. The molecule has 0 unspecified atom stereocenters. The first-order chi connectivity index (χ1) is 8.84. The van der Waals surface area contributed by atoms with Crippen LogP contribution in [0, 0.1) is 0 Å². The predicted octanol–water partition coefficient (Wildman–Crippen LogP) is 2.08. The monoisotopic (exact) mass is 277 g/mol. The first-order valence-electron chi connectivity index (χ1n) is 5.07. The molecular formula is C11H11N5S2. The highest BCUT2D eigenvalue weighted by Gasteiger charge is 1.89. The topological polar surface area (TPSA) is 75.1 Å². The Morgan fingerprint density at radius 2 is 1.78 bits per heavy atom. The molecule has 0 aliphatic heterocycles. The van der Waals surface area contributed by atoms with E-state index >= 15 is 0 Å². The van der Waals surface area contributed by atoms with E-state index in [1.807, 2.05) is 35.0 Å². The smallest absolute Gasteiger partial charge is 0.234 e. The van der Waals surface area contributed by atoms with Crippen molar-refractivity contribution < 1.29 is 0 Å². The molecule has 0 aliphatic carbocycles. The van der Waals surface area contributed by atoms with Gasteiger partial charge in [-0.15, -0.1) is 27.8 Å². The van der Waals surface area contributed by atoms with Gasteiger partial charge in [-0.05, 0) is 22.9 Å². The van der Waals surface area contributed by atoms with E-state index in [4.69, 9.17) is 5.73 Å². The average molecular weight is 277 g/mol. The lowest BCUT2D eigenvalue weighted by atomic mass is 10.5. The maximum atomic E-state index is 5.57. The van der Waals surface area contributed by atoms with Crippen LogP contribution in [0.2, 0.25) is 0 Å². The molecule has 0 saturated carbocycles. The summed E-state index contributed by atoms with van der Waals surface area (Å²) in [6.45, 7) is 0. The van der Waals surface area contributed by atoms with Crippen LogP contribution in [0.15, 0.2) is 50.3 Å². The Morgan fingerprint density at radius 1 is 1.11 bits per heavy atom. The Balaban J connectivity index is 1.82. The van der Waals surface area contributed by atoms with E-state index in [0.717, 1.165) is 9.75 Å². The van der Waals surface area contributed by atoms with Crippen molar-refractivity contribution in [1.82, 2.24) is 5.43 Å². The van der Waals surface area contributed by atoms with Crippen LogP contribution in [0.1, 0.15) is 9.75 Å². The molecule has 18 heavy (non-hydrogen) atoms. The molecule has 0 fully saturated rings. The van der Waals surface area contributed by atoms with Crippen molar-refractivity contribution >= 4 is 41.1 Å². The molecule has 7 heteroatoms. The summed E-state index contributed by atoms with van der Waals surface area (Å²) in [6, 6.07) is 7.80. The number of guanidine groups is 1. The molecule has 0 spiro atoms. The minimum atomic E-state index is 0.149. The third kappa shape index (κ3) is 4.11. The van der Waals surface area contributed by atoms with Crippen molar-refractivity contribution in [3.05, 3.63) is 44.8 Å². The maximum absolute atomic E-state index is 5.57. The third-order valence-electron chi connectivity index (χ3n) is 1.81. The lowest BCUT2D eigenvalue weighted by molar-refractivity contribution is 0.995. The number of hydrazone groups is 1. The fraction of sp³-hybridized carbons (Fsp3) is 0. The number of nitrogens with one attached hydrogen (secondary N) is 1. The van der Waals surface area contributed by atoms with E-state index in [1.54, 1.807) is 35.1 Å². The van der Waals surface area contributed by atoms with Gasteiger partial charge in [-0.3, -0.25) is 0 Å². The van der Waals surface area contributed by atoms with Crippen LogP contribution in [0.3, 0.4) is 0 Å². The third-order valence-corrected chi connectivity index (χ3v) is 3.42. The minimum absolute atomic E-state index is 0.149. The Bertz CT molecular complexity index is 540. The SMILES string of the molecule is N/C(=N\N=C\c1cccs1)N/N=C/c1cccs1. The van der Waals surface area contributed by atoms with Crippen LogP contribution in [0.4, 0.5) is 0 Å². The molecule has 0 amide bonds. The Kier molecular flexibility index (Phi) is 4.62. The molecule has 2 heterocycles. The summed E-state index contributed by atoms with van der Waals surface area (Å²) in [4.78, 5) is 2.06. The van der Waals surface area contributed by atoms with Crippen LogP contribution < -0.4 is 11.2 Å². The van der Waals surface area contributed by atoms with Gasteiger partial charge in [0, 0.05) is 9.75 Å². The van der Waals surface area contributed by atoms with Gasteiger partial charge in [0.2, 0.25) is 5.96 Å². The number of hydrogen-bond donors (Lipinski definition) is 2. The second-order valence-electron chi connectivity index (χ2n) is 3.13. The van der Waals surface area contributed by atoms with Crippen LogP contribution in [-0.2, 0) is 0 Å². The fourth-order valence-corrected chi connectivity index (χ4v) is 2.23. The summed E-state index contributed by atoms with van der Waals surface area (Å²) >= 11 is 3.18. The zero-order chi connectivity index (χ0) is 12.6. The lowest BCUT2D eigenvalue weighted by Crippen LogP contribution is -2.26. The van der Waals surface area contributed by atoms with Gasteiger partial charge in [0.15, 0.2) is 0 Å². The molecule has 0 aromatic carbocycles. The van der Waals surface area contributed by atoms with Gasteiger partial charge >= 0.3 is 0 Å². The highest BCUT2D eigenvalue weighted by molar-refractivity contribution is 7.12. The van der Waals surface area contributed by atoms with Crippen LogP contribution in [0.25, 0.3) is 0 Å². The van der Waals surface area contributed by atoms with Gasteiger partial charge in [-0.25, -0.2) is 5.43 Å². The van der Waals surface area contributed by atoms with Gasteiger partial charge in [0.1, 0.15) is 0 Å². The molecule has 0 atom stereocenters. The van der Waals surface area contributed by atoms with E-state index in [2.05, 4.69) is 20.7 Å². The molecule has 2 rings (SSSR count). The second-order valence-corrected chi connectivity index (χ2v) is 5.09. The summed E-state index contributed by atoms with van der Waals surface area (Å²) in [7, 11) is 0. The number of hydrogen-bond acceptors (Lipinski definition) is 5. The zero-order valence-corrected chi connectivity index (χ0v) is 11.0. The molecule has 0 aliphatic rings. The van der Waals surface area contributed by atoms with Crippen LogP contribution in [0.5, 0.6) is 0 Å². The van der Waals surface area contributed by atoms with E-state index in [-0.39, 0.29) is 5.96 Å². The molecule has 92 valence electrons. The average Bonchev–Trinajstić information content (AvgIpc) is 3.01. The molecule has 0 bridgehead atoms. The quantitative estimate of drug-likeness (QED) is 0.510. The van der Waals surface area contributed by atoms with Gasteiger partial charge in [0.05, 0.1) is 12.4 Å². The first-order valence-corrected chi connectivity index (χ1v) is 6.83. The van der Waals surface area contributed by atoms with E-state index in [9.17, 15) is 0 Å².